The van der Waals surface area contributed by atoms with Crippen LogP contribution < -0.4 is 0 Å². The van der Waals surface area contributed by atoms with E-state index in [-0.39, 0.29) is 5.97 Å². The predicted molar refractivity (Wildman–Crippen MR) is 37.5 cm³/mol. The van der Waals surface area contributed by atoms with Crippen LogP contribution in [0, 0.1) is 0 Å². The second-order valence-electron chi connectivity index (χ2n) is 2.91. The summed E-state index contributed by atoms with van der Waals surface area (Å²) in [6, 6.07) is 0. The molecule has 1 atom stereocenters. The number of hydrogen-bond donors (Lipinski definition) is 1. The Balaban J connectivity index is 3.85. The highest BCUT2D eigenvalue weighted by Crippen LogP contribution is 2.11. The first-order chi connectivity index (χ1) is 4.34. The van der Waals surface area contributed by atoms with E-state index < -0.39 is 11.7 Å². The van der Waals surface area contributed by atoms with E-state index in [1.807, 2.05) is 0 Å². The Morgan fingerprint density at radius 1 is 1.60 bits per heavy atom. The highest BCUT2D eigenvalue weighted by molar-refractivity contribution is 5.66. The molecule has 0 radical (unpaired) electrons. The lowest BCUT2D eigenvalue weighted by Gasteiger charge is -2.24. The molecular weight excluding hydrogens is 132 g/mol. The van der Waals surface area contributed by atoms with Gasteiger partial charge in [0.05, 0.1) is 5.60 Å². The van der Waals surface area contributed by atoms with Gasteiger partial charge in [-0.15, -0.1) is 0 Å². The van der Waals surface area contributed by atoms with Crippen LogP contribution in [0.2, 0.25) is 0 Å². The van der Waals surface area contributed by atoms with E-state index in [2.05, 4.69) is 0 Å². The zero-order valence-electron chi connectivity index (χ0n) is 6.84. The molecule has 0 rings (SSSR count). The maximum absolute atomic E-state index is 10.4. The highest BCUT2D eigenvalue weighted by Gasteiger charge is 2.24. The maximum atomic E-state index is 10.4. The monoisotopic (exact) mass is 146 g/mol. The number of hydrogen-bond acceptors (Lipinski definition) is 3. The molecule has 0 saturated heterocycles. The molecule has 10 heavy (non-hydrogen) atoms. The molecule has 0 spiro atoms. The van der Waals surface area contributed by atoms with Gasteiger partial charge in [0.1, 0.15) is 6.10 Å². The molecule has 1 N–H and O–H groups in total. The first kappa shape index (κ1) is 9.43. The minimum atomic E-state index is -0.953. The molecule has 1 unspecified atom stereocenters. The molecule has 60 valence electrons. The van der Waals surface area contributed by atoms with Gasteiger partial charge in [0.15, 0.2) is 0 Å². The summed E-state index contributed by atoms with van der Waals surface area (Å²) in [5, 5.41) is 9.26. The van der Waals surface area contributed by atoms with Gasteiger partial charge in [0, 0.05) is 6.92 Å². The van der Waals surface area contributed by atoms with Crippen molar-refractivity contribution in [1.29, 1.82) is 0 Å². The van der Waals surface area contributed by atoms with Crippen LogP contribution >= 0.6 is 0 Å². The molecule has 0 heterocycles. The van der Waals surface area contributed by atoms with Crippen LogP contribution in [0.5, 0.6) is 0 Å². The average Bonchev–Trinajstić information content (AvgIpc) is 1.60. The van der Waals surface area contributed by atoms with Crippen LogP contribution in [0.1, 0.15) is 27.7 Å². The Morgan fingerprint density at radius 2 is 2.00 bits per heavy atom. The highest BCUT2D eigenvalue weighted by atomic mass is 16.6. The number of aliphatic hydroxyl groups is 1. The predicted octanol–water partition coefficient (Wildman–Crippen LogP) is 0.709. The average molecular weight is 146 g/mol. The van der Waals surface area contributed by atoms with E-state index in [4.69, 9.17) is 4.74 Å². The largest absolute Gasteiger partial charge is 0.460 e. The first-order valence-electron chi connectivity index (χ1n) is 3.23. The van der Waals surface area contributed by atoms with Crippen LogP contribution in [0.25, 0.3) is 0 Å². The molecule has 0 amide bonds. The lowest BCUT2D eigenvalue weighted by atomic mass is 10.0. The van der Waals surface area contributed by atoms with Crippen LogP contribution in [-0.2, 0) is 9.53 Å². The summed E-state index contributed by atoms with van der Waals surface area (Å²) in [5.41, 5.74) is -0.953. The van der Waals surface area contributed by atoms with Gasteiger partial charge >= 0.3 is 5.97 Å². The Kier molecular flexibility index (Phi) is 2.84. The summed E-state index contributed by atoms with van der Waals surface area (Å²) in [6.07, 6.45) is -0.454. The molecule has 0 aliphatic heterocycles. The Hall–Kier alpha value is -0.570. The van der Waals surface area contributed by atoms with Crippen LogP contribution in [0.4, 0.5) is 0 Å². The van der Waals surface area contributed by atoms with E-state index in [0.717, 1.165) is 0 Å². The minimum Gasteiger partial charge on any atom is -0.460 e. The molecule has 0 aromatic carbocycles. The van der Waals surface area contributed by atoms with Crippen molar-refractivity contribution in [2.75, 3.05) is 0 Å². The van der Waals surface area contributed by atoms with E-state index >= 15 is 0 Å². The topological polar surface area (TPSA) is 46.5 Å². The molecule has 0 aliphatic carbocycles. The molecule has 3 nitrogen and oxygen atoms in total. The van der Waals surface area contributed by atoms with Crippen molar-refractivity contribution in [2.45, 2.75) is 39.4 Å². The standard InChI is InChI=1S/C7H14O3/c1-5(7(3,4)9)10-6(2)8/h5,9H,1-4H3. The van der Waals surface area contributed by atoms with Crippen LogP contribution in [-0.4, -0.2) is 22.8 Å². The second kappa shape index (κ2) is 3.01. The van der Waals surface area contributed by atoms with E-state index in [1.54, 1.807) is 20.8 Å². The van der Waals surface area contributed by atoms with Crippen molar-refractivity contribution in [2.24, 2.45) is 0 Å². The maximum Gasteiger partial charge on any atom is 0.302 e. The molecule has 0 aromatic heterocycles. The van der Waals surface area contributed by atoms with Crippen molar-refractivity contribution in [3.8, 4) is 0 Å². The molecule has 0 aromatic rings. The fraction of sp³-hybridized carbons (Fsp3) is 0.857. The first-order valence-corrected chi connectivity index (χ1v) is 3.23. The van der Waals surface area contributed by atoms with Gasteiger partial charge in [-0.25, -0.2) is 0 Å². The van der Waals surface area contributed by atoms with Crippen molar-refractivity contribution >= 4 is 5.97 Å². The second-order valence-corrected chi connectivity index (χ2v) is 2.91. The van der Waals surface area contributed by atoms with Gasteiger partial charge in [0.2, 0.25) is 0 Å². The third kappa shape index (κ3) is 3.45. The molecular formula is C7H14O3. The van der Waals surface area contributed by atoms with Crippen molar-refractivity contribution in [1.82, 2.24) is 0 Å². The molecule has 0 fully saturated rings. The third-order valence-corrected chi connectivity index (χ3v) is 1.34. The molecule has 0 saturated carbocycles. The summed E-state index contributed by atoms with van der Waals surface area (Å²) in [7, 11) is 0. The van der Waals surface area contributed by atoms with Crippen LogP contribution in [0.15, 0.2) is 0 Å². The quantitative estimate of drug-likeness (QED) is 0.583. The van der Waals surface area contributed by atoms with Gasteiger partial charge in [-0.3, -0.25) is 4.79 Å². The van der Waals surface area contributed by atoms with Gasteiger partial charge in [-0.1, -0.05) is 0 Å². The number of ether oxygens (including phenoxy) is 1. The van der Waals surface area contributed by atoms with E-state index in [1.165, 1.54) is 6.92 Å². The minimum absolute atomic E-state index is 0.366. The summed E-state index contributed by atoms with van der Waals surface area (Å²) in [5.74, 6) is -0.366. The summed E-state index contributed by atoms with van der Waals surface area (Å²) < 4.78 is 4.73. The number of carbonyl (C=O) groups is 1. The van der Waals surface area contributed by atoms with Crippen LogP contribution in [0.3, 0.4) is 0 Å². The van der Waals surface area contributed by atoms with Gasteiger partial charge in [-0.05, 0) is 20.8 Å². The Labute approximate surface area is 61.0 Å². The Morgan fingerprint density at radius 3 is 2.10 bits per heavy atom. The molecule has 0 aliphatic rings. The molecule has 3 heteroatoms. The third-order valence-electron chi connectivity index (χ3n) is 1.34. The van der Waals surface area contributed by atoms with E-state index in [0.29, 0.717) is 0 Å². The van der Waals surface area contributed by atoms with Crippen molar-refractivity contribution in [3.63, 3.8) is 0 Å². The number of esters is 1. The van der Waals surface area contributed by atoms with Gasteiger partial charge in [-0.2, -0.15) is 0 Å². The number of carbonyl (C=O) groups excluding carboxylic acids is 1. The van der Waals surface area contributed by atoms with Gasteiger partial charge in [0.25, 0.3) is 0 Å². The lowest BCUT2D eigenvalue weighted by molar-refractivity contribution is -0.157. The smallest absolute Gasteiger partial charge is 0.302 e. The SMILES string of the molecule is CC(=O)OC(C)C(C)(C)O. The zero-order chi connectivity index (χ0) is 8.36. The normalized spacial score (nSPS) is 14.5. The number of rotatable bonds is 2. The summed E-state index contributed by atoms with van der Waals surface area (Å²) in [6.45, 7) is 6.17. The molecule has 0 bridgehead atoms. The lowest BCUT2D eigenvalue weighted by Crippen LogP contribution is -2.36. The zero-order valence-corrected chi connectivity index (χ0v) is 6.84. The fourth-order valence-electron chi connectivity index (χ4n) is 0.393. The fourth-order valence-corrected chi connectivity index (χ4v) is 0.393. The Bertz CT molecular complexity index is 123. The van der Waals surface area contributed by atoms with E-state index in [9.17, 15) is 9.90 Å². The van der Waals surface area contributed by atoms with Crippen molar-refractivity contribution in [3.05, 3.63) is 0 Å². The van der Waals surface area contributed by atoms with Crippen molar-refractivity contribution < 1.29 is 14.6 Å². The summed E-state index contributed by atoms with van der Waals surface area (Å²) >= 11 is 0. The van der Waals surface area contributed by atoms with Gasteiger partial charge < -0.3 is 9.84 Å². The summed E-state index contributed by atoms with van der Waals surface area (Å²) in [4.78, 5) is 10.4.